The molecule has 1 aliphatic rings. The summed E-state index contributed by atoms with van der Waals surface area (Å²) >= 11 is 0. The average molecular weight is 214 g/mol. The zero-order valence-electron chi connectivity index (χ0n) is 9.17. The number of carbonyl (C=O) groups is 2. The summed E-state index contributed by atoms with van der Waals surface area (Å²) in [7, 11) is 0. The highest BCUT2D eigenvalue weighted by Gasteiger charge is 2.35. The molecule has 0 aromatic rings. The van der Waals surface area contributed by atoms with Crippen molar-refractivity contribution in [2.75, 3.05) is 13.1 Å². The molecule has 1 aliphatic heterocycles. The fourth-order valence-corrected chi connectivity index (χ4v) is 1.55. The summed E-state index contributed by atoms with van der Waals surface area (Å²) in [5, 5.41) is 14.7. The molecule has 2 atom stereocenters. The molecule has 0 spiro atoms. The lowest BCUT2D eigenvalue weighted by molar-refractivity contribution is -0.147. The number of carboxylic acids is 1. The van der Waals surface area contributed by atoms with E-state index >= 15 is 0 Å². The standard InChI is InChI=1S/C10H18N2O3/c1-3-10(2,9(14)15)12-8(13)7-4-5-11-6-7/h7,11H,3-6H2,1-2H3,(H,12,13)(H,14,15). The van der Waals surface area contributed by atoms with Gasteiger partial charge in [-0.15, -0.1) is 0 Å². The molecule has 1 heterocycles. The molecule has 1 fully saturated rings. The molecular weight excluding hydrogens is 196 g/mol. The fraction of sp³-hybridized carbons (Fsp3) is 0.800. The number of hydrogen-bond acceptors (Lipinski definition) is 3. The van der Waals surface area contributed by atoms with Gasteiger partial charge < -0.3 is 15.7 Å². The van der Waals surface area contributed by atoms with Gasteiger partial charge in [-0.1, -0.05) is 6.92 Å². The minimum Gasteiger partial charge on any atom is -0.480 e. The first kappa shape index (κ1) is 12.0. The molecule has 0 aliphatic carbocycles. The smallest absolute Gasteiger partial charge is 0.329 e. The van der Waals surface area contributed by atoms with Crippen LogP contribution in [0.4, 0.5) is 0 Å². The number of carbonyl (C=O) groups excluding carboxylic acids is 1. The first-order chi connectivity index (χ1) is 6.99. The van der Waals surface area contributed by atoms with E-state index in [1.807, 2.05) is 0 Å². The van der Waals surface area contributed by atoms with Crippen molar-refractivity contribution in [3.05, 3.63) is 0 Å². The maximum absolute atomic E-state index is 11.7. The first-order valence-electron chi connectivity index (χ1n) is 5.25. The van der Waals surface area contributed by atoms with Crippen molar-refractivity contribution in [1.82, 2.24) is 10.6 Å². The maximum Gasteiger partial charge on any atom is 0.329 e. The Balaban J connectivity index is 2.58. The molecule has 2 unspecified atom stereocenters. The van der Waals surface area contributed by atoms with Crippen LogP contribution in [0.3, 0.4) is 0 Å². The van der Waals surface area contributed by atoms with Crippen molar-refractivity contribution in [2.24, 2.45) is 5.92 Å². The molecule has 0 aromatic carbocycles. The van der Waals surface area contributed by atoms with Crippen LogP contribution < -0.4 is 10.6 Å². The van der Waals surface area contributed by atoms with Crippen LogP contribution in [-0.2, 0) is 9.59 Å². The number of aliphatic carboxylic acids is 1. The van der Waals surface area contributed by atoms with Crippen molar-refractivity contribution >= 4 is 11.9 Å². The Labute approximate surface area is 89.2 Å². The van der Waals surface area contributed by atoms with Crippen LogP contribution in [0.5, 0.6) is 0 Å². The van der Waals surface area contributed by atoms with Gasteiger partial charge in [0, 0.05) is 6.54 Å². The van der Waals surface area contributed by atoms with Gasteiger partial charge in [-0.3, -0.25) is 4.79 Å². The van der Waals surface area contributed by atoms with Crippen molar-refractivity contribution < 1.29 is 14.7 Å². The van der Waals surface area contributed by atoms with Crippen LogP contribution in [0.2, 0.25) is 0 Å². The van der Waals surface area contributed by atoms with Crippen LogP contribution in [-0.4, -0.2) is 35.6 Å². The normalized spacial score (nSPS) is 24.5. The molecular formula is C10H18N2O3. The van der Waals surface area contributed by atoms with Gasteiger partial charge in [0.05, 0.1) is 5.92 Å². The van der Waals surface area contributed by atoms with Gasteiger partial charge in [0.25, 0.3) is 0 Å². The third kappa shape index (κ3) is 2.68. The van der Waals surface area contributed by atoms with Gasteiger partial charge in [-0.25, -0.2) is 4.79 Å². The predicted molar refractivity (Wildman–Crippen MR) is 55.5 cm³/mol. The van der Waals surface area contributed by atoms with E-state index in [0.717, 1.165) is 13.0 Å². The van der Waals surface area contributed by atoms with E-state index in [1.165, 1.54) is 6.92 Å². The Morgan fingerprint density at radius 3 is 2.67 bits per heavy atom. The molecule has 0 radical (unpaired) electrons. The van der Waals surface area contributed by atoms with Crippen molar-refractivity contribution in [3.8, 4) is 0 Å². The van der Waals surface area contributed by atoms with Gasteiger partial charge in [-0.2, -0.15) is 0 Å². The molecule has 5 heteroatoms. The number of carboxylic acid groups (broad SMARTS) is 1. The van der Waals surface area contributed by atoms with E-state index in [2.05, 4.69) is 10.6 Å². The largest absolute Gasteiger partial charge is 0.480 e. The number of amides is 1. The number of nitrogens with one attached hydrogen (secondary N) is 2. The summed E-state index contributed by atoms with van der Waals surface area (Å²) < 4.78 is 0. The molecule has 1 saturated heterocycles. The molecule has 5 nitrogen and oxygen atoms in total. The summed E-state index contributed by atoms with van der Waals surface area (Å²) in [5.74, 6) is -1.23. The Morgan fingerprint density at radius 2 is 2.27 bits per heavy atom. The summed E-state index contributed by atoms with van der Waals surface area (Å²) in [5.41, 5.74) is -1.14. The number of rotatable bonds is 4. The lowest BCUT2D eigenvalue weighted by Crippen LogP contribution is -2.53. The summed E-state index contributed by atoms with van der Waals surface area (Å²) in [6, 6.07) is 0. The van der Waals surface area contributed by atoms with Gasteiger partial charge in [0.2, 0.25) is 5.91 Å². The minimum atomic E-state index is -1.14. The predicted octanol–water partition coefficient (Wildman–Crippen LogP) is -0.0346. The molecule has 0 aromatic heterocycles. The number of hydrogen-bond donors (Lipinski definition) is 3. The molecule has 15 heavy (non-hydrogen) atoms. The lowest BCUT2D eigenvalue weighted by atomic mass is 9.97. The zero-order chi connectivity index (χ0) is 11.5. The third-order valence-electron chi connectivity index (χ3n) is 3.01. The van der Waals surface area contributed by atoms with Gasteiger partial charge in [-0.05, 0) is 26.3 Å². The second-order valence-electron chi connectivity index (χ2n) is 4.17. The Morgan fingerprint density at radius 1 is 1.60 bits per heavy atom. The Hall–Kier alpha value is -1.10. The molecule has 1 amide bonds. The molecule has 0 saturated carbocycles. The quantitative estimate of drug-likeness (QED) is 0.614. The van der Waals surface area contributed by atoms with Gasteiger partial charge in [0.15, 0.2) is 0 Å². The highest BCUT2D eigenvalue weighted by Crippen LogP contribution is 2.13. The van der Waals surface area contributed by atoms with Crippen molar-refractivity contribution in [1.29, 1.82) is 0 Å². The summed E-state index contributed by atoms with van der Waals surface area (Å²) in [4.78, 5) is 22.7. The Kier molecular flexibility index (Phi) is 3.68. The van der Waals surface area contributed by atoms with Crippen LogP contribution >= 0.6 is 0 Å². The molecule has 1 rings (SSSR count). The van der Waals surface area contributed by atoms with Crippen LogP contribution in [0.1, 0.15) is 26.7 Å². The van der Waals surface area contributed by atoms with Gasteiger partial charge in [0.1, 0.15) is 5.54 Å². The summed E-state index contributed by atoms with van der Waals surface area (Å²) in [6.45, 7) is 4.76. The van der Waals surface area contributed by atoms with E-state index in [9.17, 15) is 9.59 Å². The zero-order valence-corrected chi connectivity index (χ0v) is 9.17. The van der Waals surface area contributed by atoms with E-state index in [1.54, 1.807) is 6.92 Å². The second kappa shape index (κ2) is 4.61. The fourth-order valence-electron chi connectivity index (χ4n) is 1.55. The van der Waals surface area contributed by atoms with Crippen molar-refractivity contribution in [2.45, 2.75) is 32.2 Å². The van der Waals surface area contributed by atoms with Crippen LogP contribution in [0.25, 0.3) is 0 Å². The second-order valence-corrected chi connectivity index (χ2v) is 4.17. The molecule has 3 N–H and O–H groups in total. The maximum atomic E-state index is 11.7. The topological polar surface area (TPSA) is 78.4 Å². The van der Waals surface area contributed by atoms with E-state index in [0.29, 0.717) is 13.0 Å². The van der Waals surface area contributed by atoms with Crippen LogP contribution in [0.15, 0.2) is 0 Å². The third-order valence-corrected chi connectivity index (χ3v) is 3.01. The van der Waals surface area contributed by atoms with Crippen molar-refractivity contribution in [3.63, 3.8) is 0 Å². The molecule has 0 bridgehead atoms. The SMILES string of the molecule is CCC(C)(NC(=O)C1CCNC1)C(=O)O. The molecule has 86 valence electrons. The lowest BCUT2D eigenvalue weighted by Gasteiger charge is -2.26. The monoisotopic (exact) mass is 214 g/mol. The van der Waals surface area contributed by atoms with E-state index in [4.69, 9.17) is 5.11 Å². The Bertz CT molecular complexity index is 261. The minimum absolute atomic E-state index is 0.0878. The summed E-state index contributed by atoms with van der Waals surface area (Å²) in [6.07, 6.45) is 1.17. The van der Waals surface area contributed by atoms with E-state index in [-0.39, 0.29) is 11.8 Å². The van der Waals surface area contributed by atoms with Gasteiger partial charge >= 0.3 is 5.97 Å². The van der Waals surface area contributed by atoms with Crippen LogP contribution in [0, 0.1) is 5.92 Å². The van der Waals surface area contributed by atoms with E-state index < -0.39 is 11.5 Å². The average Bonchev–Trinajstić information content (AvgIpc) is 2.70. The highest BCUT2D eigenvalue weighted by molar-refractivity contribution is 5.87. The highest BCUT2D eigenvalue weighted by atomic mass is 16.4. The first-order valence-corrected chi connectivity index (χ1v) is 5.25.